The van der Waals surface area contributed by atoms with Gasteiger partial charge in [0.2, 0.25) is 5.91 Å². The first-order valence-electron chi connectivity index (χ1n) is 5.61. The number of carbonyl (C=O) groups is 2. The molecule has 1 heterocycles. The lowest BCUT2D eigenvalue weighted by atomic mass is 10.1. The van der Waals surface area contributed by atoms with Crippen molar-refractivity contribution in [2.75, 3.05) is 0 Å². The highest BCUT2D eigenvalue weighted by molar-refractivity contribution is 6.03. The van der Waals surface area contributed by atoms with Crippen LogP contribution in [0.15, 0.2) is 30.5 Å². The van der Waals surface area contributed by atoms with Gasteiger partial charge in [0.05, 0.1) is 11.5 Å². The van der Waals surface area contributed by atoms with Crippen LogP contribution in [0.2, 0.25) is 0 Å². The number of hydrogen-bond donors (Lipinski definition) is 2. The minimum Gasteiger partial charge on any atom is -0.478 e. The molecule has 0 aliphatic rings. The highest BCUT2D eigenvalue weighted by atomic mass is 16.4. The second kappa shape index (κ2) is 4.52. The quantitative estimate of drug-likeness (QED) is 0.856. The average Bonchev–Trinajstić information content (AvgIpc) is 2.72. The van der Waals surface area contributed by atoms with E-state index in [2.05, 4.69) is 0 Å². The number of aromatic nitrogens is 1. The Kier molecular flexibility index (Phi) is 3.06. The maximum absolute atomic E-state index is 11.1. The monoisotopic (exact) mass is 246 g/mol. The molecule has 0 bridgehead atoms. The summed E-state index contributed by atoms with van der Waals surface area (Å²) < 4.78 is 1.84. The van der Waals surface area contributed by atoms with Gasteiger partial charge in [-0.2, -0.15) is 0 Å². The Morgan fingerprint density at radius 3 is 2.72 bits per heavy atom. The summed E-state index contributed by atoms with van der Waals surface area (Å²) in [6, 6.07) is 6.83. The van der Waals surface area contributed by atoms with Crippen molar-refractivity contribution < 1.29 is 14.7 Å². The Bertz CT molecular complexity index is 616. The molecular weight excluding hydrogens is 232 g/mol. The number of nitrogens with zero attached hydrogens (tertiary/aromatic N) is 1. The summed E-state index contributed by atoms with van der Waals surface area (Å²) in [6.07, 6.45) is 1.77. The zero-order chi connectivity index (χ0) is 13.3. The van der Waals surface area contributed by atoms with Crippen molar-refractivity contribution in [2.24, 2.45) is 11.7 Å². The first-order chi connectivity index (χ1) is 8.50. The molecular formula is C13H14N2O3. The van der Waals surface area contributed by atoms with E-state index in [1.807, 2.05) is 10.6 Å². The van der Waals surface area contributed by atoms with Gasteiger partial charge in [-0.3, -0.25) is 4.79 Å². The van der Waals surface area contributed by atoms with Gasteiger partial charge in [0.25, 0.3) is 0 Å². The van der Waals surface area contributed by atoms with E-state index in [4.69, 9.17) is 10.8 Å². The smallest absolute Gasteiger partial charge is 0.336 e. The molecule has 0 fully saturated rings. The van der Waals surface area contributed by atoms with Gasteiger partial charge in [0.1, 0.15) is 0 Å². The van der Waals surface area contributed by atoms with Crippen LogP contribution in [0.1, 0.15) is 17.3 Å². The van der Waals surface area contributed by atoms with Crippen molar-refractivity contribution in [3.63, 3.8) is 0 Å². The van der Waals surface area contributed by atoms with Gasteiger partial charge in [-0.25, -0.2) is 4.79 Å². The van der Waals surface area contributed by atoms with Gasteiger partial charge in [0.15, 0.2) is 0 Å². The normalized spacial score (nSPS) is 12.5. The highest BCUT2D eigenvalue weighted by Gasteiger charge is 2.14. The Labute approximate surface area is 104 Å². The number of rotatable bonds is 4. The van der Waals surface area contributed by atoms with Crippen molar-refractivity contribution in [3.8, 4) is 0 Å². The fraction of sp³-hybridized carbons (Fsp3) is 0.231. The van der Waals surface area contributed by atoms with Gasteiger partial charge >= 0.3 is 5.97 Å². The first kappa shape index (κ1) is 12.2. The molecule has 1 atom stereocenters. The van der Waals surface area contributed by atoms with Crippen molar-refractivity contribution in [1.29, 1.82) is 0 Å². The number of nitrogens with two attached hydrogens (primary N) is 1. The van der Waals surface area contributed by atoms with Crippen LogP contribution >= 0.6 is 0 Å². The van der Waals surface area contributed by atoms with E-state index >= 15 is 0 Å². The van der Waals surface area contributed by atoms with Gasteiger partial charge in [-0.1, -0.05) is 13.0 Å². The fourth-order valence-electron chi connectivity index (χ4n) is 1.95. The lowest BCUT2D eigenvalue weighted by Crippen LogP contribution is -2.24. The first-order valence-corrected chi connectivity index (χ1v) is 5.61. The van der Waals surface area contributed by atoms with E-state index < -0.39 is 5.97 Å². The second-order valence-corrected chi connectivity index (χ2v) is 4.32. The molecule has 5 nitrogen and oxygen atoms in total. The highest BCUT2D eigenvalue weighted by Crippen LogP contribution is 2.21. The summed E-state index contributed by atoms with van der Waals surface area (Å²) in [6.45, 7) is 2.19. The SMILES string of the molecule is CC(Cn1ccc2c(C(=O)O)cccc21)C(N)=O. The van der Waals surface area contributed by atoms with Gasteiger partial charge < -0.3 is 15.4 Å². The zero-order valence-electron chi connectivity index (χ0n) is 9.96. The summed E-state index contributed by atoms with van der Waals surface area (Å²) in [7, 11) is 0. The minimum atomic E-state index is -0.957. The lowest BCUT2D eigenvalue weighted by molar-refractivity contribution is -0.121. The molecule has 1 aromatic heterocycles. The predicted molar refractivity (Wildman–Crippen MR) is 67.3 cm³/mol. The topological polar surface area (TPSA) is 85.3 Å². The van der Waals surface area contributed by atoms with Crippen molar-refractivity contribution in [2.45, 2.75) is 13.5 Å². The zero-order valence-corrected chi connectivity index (χ0v) is 9.96. The number of carboxylic acid groups (broad SMARTS) is 1. The molecule has 94 valence electrons. The molecule has 0 aliphatic carbocycles. The summed E-state index contributed by atoms with van der Waals surface area (Å²) in [5.74, 6) is -1.62. The molecule has 0 saturated carbocycles. The van der Waals surface area contributed by atoms with Crippen molar-refractivity contribution in [3.05, 3.63) is 36.0 Å². The molecule has 0 radical (unpaired) electrons. The van der Waals surface area contributed by atoms with Gasteiger partial charge in [-0.15, -0.1) is 0 Å². The third-order valence-electron chi connectivity index (χ3n) is 3.00. The maximum atomic E-state index is 11.1. The number of fused-ring (bicyclic) bond motifs is 1. The molecule has 1 unspecified atom stereocenters. The van der Waals surface area contributed by atoms with Crippen LogP contribution in [-0.2, 0) is 11.3 Å². The van der Waals surface area contributed by atoms with Crippen LogP contribution in [0.3, 0.4) is 0 Å². The number of primary amides is 1. The largest absolute Gasteiger partial charge is 0.478 e. The third-order valence-corrected chi connectivity index (χ3v) is 3.00. The molecule has 18 heavy (non-hydrogen) atoms. The van der Waals surface area contributed by atoms with Gasteiger partial charge in [0, 0.05) is 23.6 Å². The molecule has 2 aromatic rings. The molecule has 5 heteroatoms. The number of amides is 1. The van der Waals surface area contributed by atoms with E-state index in [-0.39, 0.29) is 17.4 Å². The molecule has 0 spiro atoms. The van der Waals surface area contributed by atoms with Crippen LogP contribution in [0.4, 0.5) is 0 Å². The van der Waals surface area contributed by atoms with Gasteiger partial charge in [-0.05, 0) is 18.2 Å². The van der Waals surface area contributed by atoms with Crippen LogP contribution < -0.4 is 5.73 Å². The summed E-state index contributed by atoms with van der Waals surface area (Å²) in [4.78, 5) is 22.1. The Morgan fingerprint density at radius 1 is 1.39 bits per heavy atom. The molecule has 1 amide bonds. The van der Waals surface area contributed by atoms with Crippen LogP contribution in [0.25, 0.3) is 10.9 Å². The molecule has 0 saturated heterocycles. The number of carbonyl (C=O) groups excluding carboxylic acids is 1. The van der Waals surface area contributed by atoms with E-state index in [1.165, 1.54) is 0 Å². The number of hydrogen-bond acceptors (Lipinski definition) is 2. The van der Waals surface area contributed by atoms with Crippen molar-refractivity contribution in [1.82, 2.24) is 4.57 Å². The maximum Gasteiger partial charge on any atom is 0.336 e. The van der Waals surface area contributed by atoms with Crippen molar-refractivity contribution >= 4 is 22.8 Å². The van der Waals surface area contributed by atoms with E-state index in [0.29, 0.717) is 11.9 Å². The summed E-state index contributed by atoms with van der Waals surface area (Å²) in [5.41, 5.74) is 6.28. The van der Waals surface area contributed by atoms with Crippen LogP contribution in [-0.4, -0.2) is 21.6 Å². The van der Waals surface area contributed by atoms with E-state index in [1.54, 1.807) is 31.3 Å². The second-order valence-electron chi connectivity index (χ2n) is 4.32. The Hall–Kier alpha value is -2.30. The third kappa shape index (κ3) is 2.07. The predicted octanol–water partition coefficient (Wildman–Crippen LogP) is 1.46. The lowest BCUT2D eigenvalue weighted by Gasteiger charge is -2.10. The number of benzene rings is 1. The number of carboxylic acids is 1. The minimum absolute atomic E-state index is 0.262. The Morgan fingerprint density at radius 2 is 2.11 bits per heavy atom. The van der Waals surface area contributed by atoms with E-state index in [9.17, 15) is 9.59 Å². The Balaban J connectivity index is 2.46. The van der Waals surface area contributed by atoms with E-state index in [0.717, 1.165) is 5.52 Å². The summed E-state index contributed by atoms with van der Waals surface area (Å²) in [5, 5.41) is 9.75. The molecule has 2 rings (SSSR count). The fourth-order valence-corrected chi connectivity index (χ4v) is 1.95. The number of aromatic carboxylic acids is 1. The van der Waals surface area contributed by atoms with Crippen LogP contribution in [0.5, 0.6) is 0 Å². The average molecular weight is 246 g/mol. The molecule has 0 aliphatic heterocycles. The summed E-state index contributed by atoms with van der Waals surface area (Å²) >= 11 is 0. The molecule has 1 aromatic carbocycles. The molecule has 3 N–H and O–H groups in total. The van der Waals surface area contributed by atoms with Crippen LogP contribution in [0, 0.1) is 5.92 Å². The standard InChI is InChI=1S/C13H14N2O3/c1-8(12(14)16)7-15-6-5-9-10(13(17)18)3-2-4-11(9)15/h2-6,8H,7H2,1H3,(H2,14,16)(H,17,18).